The van der Waals surface area contributed by atoms with Gasteiger partial charge in [0.2, 0.25) is 6.36 Å². The van der Waals surface area contributed by atoms with Crippen LogP contribution in [-0.4, -0.2) is 30.8 Å². The summed E-state index contributed by atoms with van der Waals surface area (Å²) in [4.78, 5) is 0. The van der Waals surface area contributed by atoms with Crippen LogP contribution in [0.1, 0.15) is 30.0 Å². The minimum Gasteiger partial charge on any atom is -0.368 e. The van der Waals surface area contributed by atoms with Crippen molar-refractivity contribution in [3.63, 3.8) is 0 Å². The number of hydrogen-bond donors (Lipinski definition) is 0. The van der Waals surface area contributed by atoms with Crippen LogP contribution in [0, 0.1) is 0 Å². The lowest BCUT2D eigenvalue weighted by Gasteiger charge is -2.43. The average molecular weight is 451 g/mol. The summed E-state index contributed by atoms with van der Waals surface area (Å²) >= 11 is 0. The Morgan fingerprint density at radius 3 is 1.42 bits per heavy atom. The number of halogens is 1. The molecular formula is C28H31FO4. The normalized spacial score (nSPS) is 25.1. The number of rotatable bonds is 10. The maximum atomic E-state index is 15.2. The van der Waals surface area contributed by atoms with Crippen LogP contribution in [0.3, 0.4) is 0 Å². The number of alkyl halides is 1. The summed E-state index contributed by atoms with van der Waals surface area (Å²) < 4.78 is 39.6. The van der Waals surface area contributed by atoms with Gasteiger partial charge in [0, 0.05) is 0 Å². The van der Waals surface area contributed by atoms with Crippen molar-refractivity contribution in [1.82, 2.24) is 0 Å². The van der Waals surface area contributed by atoms with Crippen LogP contribution in [0.2, 0.25) is 0 Å². The molecule has 1 aliphatic rings. The molecule has 33 heavy (non-hydrogen) atoms. The van der Waals surface area contributed by atoms with E-state index >= 15 is 4.39 Å². The third-order valence-corrected chi connectivity index (χ3v) is 5.84. The average Bonchev–Trinajstić information content (AvgIpc) is 2.87. The Morgan fingerprint density at radius 1 is 0.606 bits per heavy atom. The van der Waals surface area contributed by atoms with E-state index in [0.29, 0.717) is 19.6 Å². The van der Waals surface area contributed by atoms with Gasteiger partial charge in [-0.05, 0) is 23.1 Å². The Morgan fingerprint density at radius 2 is 1.00 bits per heavy atom. The van der Waals surface area contributed by atoms with Gasteiger partial charge in [-0.15, -0.1) is 0 Å². The van der Waals surface area contributed by atoms with E-state index in [1.165, 1.54) is 0 Å². The highest BCUT2D eigenvalue weighted by molar-refractivity contribution is 5.15. The van der Waals surface area contributed by atoms with E-state index in [-0.39, 0.29) is 6.61 Å². The zero-order chi connectivity index (χ0) is 22.9. The van der Waals surface area contributed by atoms with Crippen molar-refractivity contribution in [2.75, 3.05) is 0 Å². The highest BCUT2D eigenvalue weighted by Crippen LogP contribution is 2.32. The fourth-order valence-corrected chi connectivity index (χ4v) is 4.06. The van der Waals surface area contributed by atoms with E-state index in [9.17, 15) is 0 Å². The molecule has 174 valence electrons. The summed E-state index contributed by atoms with van der Waals surface area (Å²) in [6.07, 6.45) is -3.41. The van der Waals surface area contributed by atoms with Gasteiger partial charge in [-0.2, -0.15) is 0 Å². The zero-order valence-electron chi connectivity index (χ0n) is 18.9. The lowest BCUT2D eigenvalue weighted by molar-refractivity contribution is -0.292. The van der Waals surface area contributed by atoms with Crippen LogP contribution >= 0.6 is 0 Å². The Labute approximate surface area is 195 Å². The Balaban J connectivity index is 1.53. The molecule has 0 radical (unpaired) electrons. The molecule has 4 nitrogen and oxygen atoms in total. The van der Waals surface area contributed by atoms with E-state index in [1.807, 2.05) is 97.9 Å². The molecule has 5 atom stereocenters. The first-order valence-electron chi connectivity index (χ1n) is 11.5. The van der Waals surface area contributed by atoms with E-state index in [4.69, 9.17) is 18.9 Å². The highest BCUT2D eigenvalue weighted by atomic mass is 19.1. The SMILES string of the molecule is CCC1OC(F)C(OCc2ccccc2)[C@@H](OCc2ccccc2)[C@H]1OCc1ccccc1. The molecule has 0 amide bonds. The van der Waals surface area contributed by atoms with Crippen LogP contribution in [0.25, 0.3) is 0 Å². The van der Waals surface area contributed by atoms with Crippen molar-refractivity contribution in [2.45, 2.75) is 63.9 Å². The fraction of sp³-hybridized carbons (Fsp3) is 0.357. The molecule has 0 saturated carbocycles. The smallest absolute Gasteiger partial charge is 0.228 e. The summed E-state index contributed by atoms with van der Waals surface area (Å²) in [5, 5.41) is 0. The minimum atomic E-state index is -1.60. The van der Waals surface area contributed by atoms with Crippen molar-refractivity contribution < 1.29 is 23.3 Å². The third-order valence-electron chi connectivity index (χ3n) is 5.84. The molecule has 1 heterocycles. The molecule has 3 aromatic rings. The number of benzene rings is 3. The van der Waals surface area contributed by atoms with Gasteiger partial charge in [-0.1, -0.05) is 97.9 Å². The van der Waals surface area contributed by atoms with Crippen molar-refractivity contribution in [2.24, 2.45) is 0 Å². The van der Waals surface area contributed by atoms with Crippen LogP contribution in [0.4, 0.5) is 4.39 Å². The summed E-state index contributed by atoms with van der Waals surface area (Å²) in [6, 6.07) is 29.5. The quantitative estimate of drug-likeness (QED) is 0.388. The molecule has 0 spiro atoms. The largest absolute Gasteiger partial charge is 0.368 e. The van der Waals surface area contributed by atoms with Gasteiger partial charge in [0.25, 0.3) is 0 Å². The second kappa shape index (κ2) is 12.1. The zero-order valence-corrected chi connectivity index (χ0v) is 18.9. The van der Waals surface area contributed by atoms with Gasteiger partial charge in [0.1, 0.15) is 18.3 Å². The predicted molar refractivity (Wildman–Crippen MR) is 125 cm³/mol. The van der Waals surface area contributed by atoms with E-state index < -0.39 is 30.8 Å². The van der Waals surface area contributed by atoms with Crippen molar-refractivity contribution in [3.8, 4) is 0 Å². The Bertz CT molecular complexity index is 938. The van der Waals surface area contributed by atoms with Crippen LogP contribution in [-0.2, 0) is 38.8 Å². The first-order chi connectivity index (χ1) is 16.2. The standard InChI is InChI=1S/C28H31FO4/c1-2-24-25(30-18-21-12-6-3-7-13-21)26(31-19-22-14-8-4-9-15-22)27(28(29)33-24)32-20-23-16-10-5-11-17-23/h3-17,24-28H,2,18-20H2,1H3/t24?,25-,26-,27?,28?/m0/s1. The number of ether oxygens (including phenoxy) is 4. The Kier molecular flexibility index (Phi) is 8.61. The molecule has 0 aliphatic carbocycles. The van der Waals surface area contributed by atoms with Crippen molar-refractivity contribution >= 4 is 0 Å². The van der Waals surface area contributed by atoms with Crippen LogP contribution in [0.15, 0.2) is 91.0 Å². The van der Waals surface area contributed by atoms with Crippen molar-refractivity contribution in [1.29, 1.82) is 0 Å². The molecule has 5 heteroatoms. The van der Waals surface area contributed by atoms with Crippen LogP contribution in [0.5, 0.6) is 0 Å². The van der Waals surface area contributed by atoms with E-state index in [2.05, 4.69) is 0 Å². The Hall–Kier alpha value is -2.57. The van der Waals surface area contributed by atoms with E-state index in [0.717, 1.165) is 16.7 Å². The summed E-state index contributed by atoms with van der Waals surface area (Å²) in [5.74, 6) is 0. The lowest BCUT2D eigenvalue weighted by Crippen LogP contribution is -2.58. The first-order valence-corrected chi connectivity index (χ1v) is 11.5. The second-order valence-electron chi connectivity index (χ2n) is 8.22. The molecule has 3 unspecified atom stereocenters. The molecule has 0 N–H and O–H groups in total. The molecule has 1 aliphatic heterocycles. The summed E-state index contributed by atoms with van der Waals surface area (Å²) in [7, 11) is 0. The molecule has 0 aromatic heterocycles. The predicted octanol–water partition coefficient (Wildman–Crippen LogP) is 5.85. The molecule has 0 bridgehead atoms. The minimum absolute atomic E-state index is 0.267. The lowest BCUT2D eigenvalue weighted by atomic mass is 9.96. The molecule has 1 fully saturated rings. The van der Waals surface area contributed by atoms with Gasteiger partial charge in [0.05, 0.1) is 25.9 Å². The van der Waals surface area contributed by atoms with Gasteiger partial charge < -0.3 is 18.9 Å². The monoisotopic (exact) mass is 450 g/mol. The maximum Gasteiger partial charge on any atom is 0.228 e. The maximum absolute atomic E-state index is 15.2. The van der Waals surface area contributed by atoms with Gasteiger partial charge in [-0.3, -0.25) is 0 Å². The third kappa shape index (κ3) is 6.49. The first kappa shape index (κ1) is 23.6. The number of hydrogen-bond acceptors (Lipinski definition) is 4. The molecule has 1 saturated heterocycles. The van der Waals surface area contributed by atoms with Gasteiger partial charge in [0.15, 0.2) is 0 Å². The fourth-order valence-electron chi connectivity index (χ4n) is 4.06. The van der Waals surface area contributed by atoms with Crippen LogP contribution < -0.4 is 0 Å². The molecule has 3 aromatic carbocycles. The van der Waals surface area contributed by atoms with E-state index in [1.54, 1.807) is 0 Å². The summed E-state index contributed by atoms with van der Waals surface area (Å²) in [5.41, 5.74) is 3.01. The van der Waals surface area contributed by atoms with Gasteiger partial charge in [-0.25, -0.2) is 4.39 Å². The molecule has 4 rings (SSSR count). The van der Waals surface area contributed by atoms with Gasteiger partial charge >= 0.3 is 0 Å². The summed E-state index contributed by atoms with van der Waals surface area (Å²) in [6.45, 7) is 2.96. The molecular weight excluding hydrogens is 419 g/mol. The second-order valence-corrected chi connectivity index (χ2v) is 8.22. The van der Waals surface area contributed by atoms with Crippen molar-refractivity contribution in [3.05, 3.63) is 108 Å². The highest BCUT2D eigenvalue weighted by Gasteiger charge is 2.48. The topological polar surface area (TPSA) is 36.9 Å².